The quantitative estimate of drug-likeness (QED) is 0.533. The molecule has 1 aliphatic carbocycles. The van der Waals surface area contributed by atoms with E-state index in [1.165, 1.54) is 18.2 Å². The standard InChI is InChI=1S/C21H27N5O2S/c1-3-14-26-18(16-10-6-4-7-11-16)24-25-21(26)29-15(2)19(27)23-20(28)22-17-12-8-5-9-13-17/h3-4,6-7,10-11,15,17H,1,5,8-9,12-14H2,2H3,(H2,22,23,27,28). The molecule has 7 nitrogen and oxygen atoms in total. The summed E-state index contributed by atoms with van der Waals surface area (Å²) in [6.45, 7) is 6.08. The number of nitrogens with zero attached hydrogens (tertiary/aromatic N) is 3. The molecule has 0 bridgehead atoms. The molecule has 1 fully saturated rings. The molecule has 3 amide bonds. The lowest BCUT2D eigenvalue weighted by Crippen LogP contribution is -2.47. The zero-order valence-corrected chi connectivity index (χ0v) is 17.5. The Hall–Kier alpha value is -2.61. The average molecular weight is 414 g/mol. The zero-order valence-electron chi connectivity index (χ0n) is 16.6. The number of nitrogens with one attached hydrogen (secondary N) is 2. The number of carbonyl (C=O) groups excluding carboxylic acids is 2. The fourth-order valence-electron chi connectivity index (χ4n) is 3.36. The van der Waals surface area contributed by atoms with Crippen LogP contribution in [0.2, 0.25) is 0 Å². The Bertz CT molecular complexity index is 846. The van der Waals surface area contributed by atoms with Crippen molar-refractivity contribution < 1.29 is 9.59 Å². The summed E-state index contributed by atoms with van der Waals surface area (Å²) in [6.07, 6.45) is 7.16. The first-order chi connectivity index (χ1) is 14.1. The molecular weight excluding hydrogens is 386 g/mol. The molecule has 1 aromatic carbocycles. The first kappa shape index (κ1) is 21.1. The van der Waals surface area contributed by atoms with Crippen LogP contribution in [0.5, 0.6) is 0 Å². The molecular formula is C21H27N5O2S. The van der Waals surface area contributed by atoms with Crippen molar-refractivity contribution >= 4 is 23.7 Å². The van der Waals surface area contributed by atoms with Gasteiger partial charge in [0.1, 0.15) is 0 Å². The van der Waals surface area contributed by atoms with E-state index in [-0.39, 0.29) is 11.9 Å². The fourth-order valence-corrected chi connectivity index (χ4v) is 4.22. The van der Waals surface area contributed by atoms with E-state index in [2.05, 4.69) is 27.4 Å². The van der Waals surface area contributed by atoms with Crippen LogP contribution in [0, 0.1) is 0 Å². The molecule has 0 radical (unpaired) electrons. The second-order valence-electron chi connectivity index (χ2n) is 7.13. The van der Waals surface area contributed by atoms with Gasteiger partial charge in [-0.15, -0.1) is 16.8 Å². The summed E-state index contributed by atoms with van der Waals surface area (Å²) in [5, 5.41) is 14.0. The monoisotopic (exact) mass is 413 g/mol. The second-order valence-corrected chi connectivity index (χ2v) is 8.44. The number of thioether (sulfide) groups is 1. The number of amides is 3. The maximum absolute atomic E-state index is 12.5. The van der Waals surface area contributed by atoms with Gasteiger partial charge < -0.3 is 5.32 Å². The van der Waals surface area contributed by atoms with Crippen LogP contribution in [0.25, 0.3) is 11.4 Å². The number of hydrogen-bond donors (Lipinski definition) is 2. The molecule has 8 heteroatoms. The first-order valence-electron chi connectivity index (χ1n) is 9.96. The van der Waals surface area contributed by atoms with E-state index in [1.54, 1.807) is 13.0 Å². The van der Waals surface area contributed by atoms with E-state index in [0.717, 1.165) is 37.1 Å². The highest BCUT2D eigenvalue weighted by molar-refractivity contribution is 8.00. The Balaban J connectivity index is 1.62. The minimum atomic E-state index is -0.497. The van der Waals surface area contributed by atoms with Gasteiger partial charge in [-0.2, -0.15) is 0 Å². The van der Waals surface area contributed by atoms with Crippen molar-refractivity contribution in [2.75, 3.05) is 0 Å². The predicted molar refractivity (Wildman–Crippen MR) is 115 cm³/mol. The second kappa shape index (κ2) is 10.2. The molecule has 1 aromatic heterocycles. The number of rotatable bonds is 7. The lowest BCUT2D eigenvalue weighted by molar-refractivity contribution is -0.119. The molecule has 0 saturated heterocycles. The van der Waals surface area contributed by atoms with Crippen LogP contribution in [0.3, 0.4) is 0 Å². The van der Waals surface area contributed by atoms with Crippen LogP contribution in [-0.2, 0) is 11.3 Å². The van der Waals surface area contributed by atoms with Gasteiger partial charge in [0.2, 0.25) is 5.91 Å². The predicted octanol–water partition coefficient (Wildman–Crippen LogP) is 3.77. The van der Waals surface area contributed by atoms with Gasteiger partial charge in [0, 0.05) is 18.2 Å². The Morgan fingerprint density at radius 3 is 2.66 bits per heavy atom. The summed E-state index contributed by atoms with van der Waals surface area (Å²) in [6, 6.07) is 9.48. The summed E-state index contributed by atoms with van der Waals surface area (Å²) >= 11 is 1.27. The summed E-state index contributed by atoms with van der Waals surface area (Å²) in [5.74, 6) is 0.369. The number of hydrogen-bond acceptors (Lipinski definition) is 5. The normalized spacial score (nSPS) is 15.5. The molecule has 29 heavy (non-hydrogen) atoms. The Morgan fingerprint density at radius 1 is 1.24 bits per heavy atom. The third-order valence-electron chi connectivity index (χ3n) is 4.89. The van der Waals surface area contributed by atoms with Gasteiger partial charge in [-0.25, -0.2) is 4.79 Å². The molecule has 2 N–H and O–H groups in total. The molecule has 0 spiro atoms. The molecule has 0 aliphatic heterocycles. The summed E-state index contributed by atoms with van der Waals surface area (Å²) in [7, 11) is 0. The third-order valence-corrected chi connectivity index (χ3v) is 5.97. The lowest BCUT2D eigenvalue weighted by Gasteiger charge is -2.23. The number of benzene rings is 1. The minimum Gasteiger partial charge on any atom is -0.335 e. The van der Waals surface area contributed by atoms with Gasteiger partial charge in [-0.1, -0.05) is 67.4 Å². The average Bonchev–Trinajstić information content (AvgIpc) is 3.12. The number of carbonyl (C=O) groups is 2. The molecule has 1 unspecified atom stereocenters. The van der Waals surface area contributed by atoms with E-state index in [1.807, 2.05) is 34.9 Å². The Morgan fingerprint density at radius 2 is 1.97 bits per heavy atom. The van der Waals surface area contributed by atoms with Gasteiger partial charge in [-0.05, 0) is 19.8 Å². The van der Waals surface area contributed by atoms with Crippen molar-refractivity contribution in [3.05, 3.63) is 43.0 Å². The molecule has 1 saturated carbocycles. The van der Waals surface area contributed by atoms with Gasteiger partial charge in [-0.3, -0.25) is 14.7 Å². The summed E-state index contributed by atoms with van der Waals surface area (Å²) in [4.78, 5) is 24.6. The van der Waals surface area contributed by atoms with Gasteiger partial charge in [0.05, 0.1) is 5.25 Å². The number of imide groups is 1. The first-order valence-corrected chi connectivity index (χ1v) is 10.8. The van der Waals surface area contributed by atoms with E-state index in [9.17, 15) is 9.59 Å². The maximum atomic E-state index is 12.5. The van der Waals surface area contributed by atoms with Crippen LogP contribution in [0.4, 0.5) is 4.79 Å². The van der Waals surface area contributed by atoms with E-state index >= 15 is 0 Å². The van der Waals surface area contributed by atoms with Crippen molar-refractivity contribution in [2.45, 2.75) is 62.0 Å². The van der Waals surface area contributed by atoms with E-state index in [4.69, 9.17) is 0 Å². The number of aromatic nitrogens is 3. The van der Waals surface area contributed by atoms with Crippen molar-refractivity contribution in [2.24, 2.45) is 0 Å². The third kappa shape index (κ3) is 5.69. The summed E-state index contributed by atoms with van der Waals surface area (Å²) in [5.41, 5.74) is 0.942. The number of urea groups is 1. The molecule has 3 rings (SSSR count). The van der Waals surface area contributed by atoms with Crippen LogP contribution < -0.4 is 10.6 Å². The van der Waals surface area contributed by atoms with Crippen LogP contribution in [-0.4, -0.2) is 38.0 Å². The van der Waals surface area contributed by atoms with Crippen molar-refractivity contribution in [1.29, 1.82) is 0 Å². The number of allylic oxidation sites excluding steroid dienone is 1. The molecule has 1 aliphatic rings. The van der Waals surface area contributed by atoms with E-state index in [0.29, 0.717) is 11.7 Å². The highest BCUT2D eigenvalue weighted by atomic mass is 32.2. The highest BCUT2D eigenvalue weighted by Crippen LogP contribution is 2.27. The van der Waals surface area contributed by atoms with Crippen molar-refractivity contribution in [1.82, 2.24) is 25.4 Å². The molecule has 1 atom stereocenters. The Labute approximate surface area is 175 Å². The SMILES string of the molecule is C=CCn1c(SC(C)C(=O)NC(=O)NC2CCCCC2)nnc1-c1ccccc1. The highest BCUT2D eigenvalue weighted by Gasteiger charge is 2.23. The minimum absolute atomic E-state index is 0.156. The Kier molecular flexibility index (Phi) is 7.46. The molecule has 1 heterocycles. The van der Waals surface area contributed by atoms with Crippen molar-refractivity contribution in [3.8, 4) is 11.4 Å². The zero-order chi connectivity index (χ0) is 20.6. The smallest absolute Gasteiger partial charge is 0.321 e. The molecule has 154 valence electrons. The van der Waals surface area contributed by atoms with Crippen LogP contribution in [0.15, 0.2) is 48.1 Å². The topological polar surface area (TPSA) is 88.9 Å². The summed E-state index contributed by atoms with van der Waals surface area (Å²) < 4.78 is 1.92. The van der Waals surface area contributed by atoms with Crippen molar-refractivity contribution in [3.63, 3.8) is 0 Å². The maximum Gasteiger partial charge on any atom is 0.321 e. The van der Waals surface area contributed by atoms with Gasteiger partial charge in [0.15, 0.2) is 11.0 Å². The van der Waals surface area contributed by atoms with Gasteiger partial charge >= 0.3 is 6.03 Å². The largest absolute Gasteiger partial charge is 0.335 e. The van der Waals surface area contributed by atoms with Crippen LogP contribution in [0.1, 0.15) is 39.0 Å². The molecule has 2 aromatic rings. The van der Waals surface area contributed by atoms with E-state index < -0.39 is 11.3 Å². The van der Waals surface area contributed by atoms with Gasteiger partial charge in [0.25, 0.3) is 0 Å². The lowest BCUT2D eigenvalue weighted by atomic mass is 9.96. The fraction of sp³-hybridized carbons (Fsp3) is 0.429. The van der Waals surface area contributed by atoms with Crippen LogP contribution >= 0.6 is 11.8 Å².